The van der Waals surface area contributed by atoms with Gasteiger partial charge in [0, 0.05) is 24.8 Å². The first kappa shape index (κ1) is 14.8. The molecule has 0 aromatic heterocycles. The van der Waals surface area contributed by atoms with E-state index in [9.17, 15) is 4.79 Å². The van der Waals surface area contributed by atoms with E-state index in [0.717, 1.165) is 18.4 Å². The molecule has 2 rings (SSSR count). The summed E-state index contributed by atoms with van der Waals surface area (Å²) < 4.78 is 5.47. The van der Waals surface area contributed by atoms with Crippen LogP contribution in [0.15, 0.2) is 24.3 Å². The Bertz CT molecular complexity index is 415. The maximum Gasteiger partial charge on any atom is 0.169 e. The van der Waals surface area contributed by atoms with Crippen LogP contribution in [0.5, 0.6) is 0 Å². The Hall–Kier alpha value is -0.600. The third-order valence-electron chi connectivity index (χ3n) is 5.22. The van der Waals surface area contributed by atoms with E-state index in [-0.39, 0.29) is 29.1 Å². The number of fused-ring (bicyclic) bond motifs is 1. The molecule has 0 N–H and O–H groups in total. The molecular weight excluding hydrogens is 260 g/mol. The molecule has 1 fully saturated rings. The highest BCUT2D eigenvalue weighted by atomic mass is 35.5. The molecule has 5 atom stereocenters. The van der Waals surface area contributed by atoms with Crippen molar-refractivity contribution in [1.29, 1.82) is 0 Å². The Morgan fingerprint density at radius 2 is 2.32 bits per heavy atom. The zero-order valence-electron chi connectivity index (χ0n) is 12.0. The molecule has 3 heteroatoms. The predicted molar refractivity (Wildman–Crippen MR) is 78.3 cm³/mol. The van der Waals surface area contributed by atoms with Crippen LogP contribution in [0, 0.1) is 23.2 Å². The zero-order chi connectivity index (χ0) is 14.2. The number of halogens is 1. The number of Topliss-reactive ketones (excluding diaryl/α,β-unsaturated/α-hetero) is 1. The van der Waals surface area contributed by atoms with Crippen LogP contribution < -0.4 is 0 Å². The van der Waals surface area contributed by atoms with Crippen molar-refractivity contribution < 1.29 is 9.53 Å². The van der Waals surface area contributed by atoms with Gasteiger partial charge in [0.25, 0.3) is 0 Å². The van der Waals surface area contributed by atoms with Crippen LogP contribution in [0.1, 0.15) is 26.7 Å². The number of carbonyl (C=O) groups is 1. The summed E-state index contributed by atoms with van der Waals surface area (Å²) in [5, 5.41) is 0. The Kier molecular flexibility index (Phi) is 4.22. The van der Waals surface area contributed by atoms with E-state index in [0.29, 0.717) is 11.8 Å². The van der Waals surface area contributed by atoms with Gasteiger partial charge >= 0.3 is 0 Å². The van der Waals surface area contributed by atoms with Crippen LogP contribution in [0.25, 0.3) is 0 Å². The molecule has 106 valence electrons. The number of rotatable bonds is 3. The van der Waals surface area contributed by atoms with Gasteiger partial charge in [-0.05, 0) is 24.2 Å². The molecule has 0 radical (unpaired) electrons. The molecular formula is C16H23ClO2. The standard InChI is InChI=1S/C16H23ClO2/c1-10(9-17)12-8-16(3)11(2)6-5-7-13(16)14(18)15(12)19-4/h5,7,11-13,15H,1,6,8-9H2,2-4H3. The molecule has 0 spiro atoms. The minimum Gasteiger partial charge on any atom is -0.373 e. The number of ether oxygens (including phenoxy) is 1. The lowest BCUT2D eigenvalue weighted by Gasteiger charge is -2.51. The summed E-state index contributed by atoms with van der Waals surface area (Å²) in [6.45, 7) is 8.50. The maximum absolute atomic E-state index is 12.7. The molecule has 1 saturated carbocycles. The van der Waals surface area contributed by atoms with Crippen LogP contribution >= 0.6 is 11.6 Å². The van der Waals surface area contributed by atoms with E-state index in [2.05, 4.69) is 32.6 Å². The van der Waals surface area contributed by atoms with Crippen LogP contribution in [-0.2, 0) is 9.53 Å². The number of ketones is 1. The zero-order valence-corrected chi connectivity index (χ0v) is 12.7. The summed E-state index contributed by atoms with van der Waals surface area (Å²) in [5.41, 5.74) is 0.920. The predicted octanol–water partition coefficient (Wildman–Crippen LogP) is 3.60. The lowest BCUT2D eigenvalue weighted by Crippen LogP contribution is -2.53. The Morgan fingerprint density at radius 3 is 2.89 bits per heavy atom. The first-order valence-electron chi connectivity index (χ1n) is 6.92. The minimum atomic E-state index is -0.390. The molecule has 2 aliphatic carbocycles. The summed E-state index contributed by atoms with van der Waals surface area (Å²) in [4.78, 5) is 12.7. The quantitative estimate of drug-likeness (QED) is 0.584. The van der Waals surface area contributed by atoms with Gasteiger partial charge in [-0.15, -0.1) is 11.6 Å². The van der Waals surface area contributed by atoms with E-state index in [1.165, 1.54) is 0 Å². The lowest BCUT2D eigenvalue weighted by molar-refractivity contribution is -0.147. The summed E-state index contributed by atoms with van der Waals surface area (Å²) in [5.74, 6) is 1.10. The van der Waals surface area contributed by atoms with Crippen LogP contribution in [0.2, 0.25) is 0 Å². The van der Waals surface area contributed by atoms with Crippen LogP contribution in [-0.4, -0.2) is 24.9 Å². The van der Waals surface area contributed by atoms with E-state index in [4.69, 9.17) is 16.3 Å². The summed E-state index contributed by atoms with van der Waals surface area (Å²) in [6, 6.07) is 0. The molecule has 0 aliphatic heterocycles. The van der Waals surface area contributed by atoms with Crippen molar-refractivity contribution in [2.45, 2.75) is 32.8 Å². The van der Waals surface area contributed by atoms with Gasteiger partial charge in [-0.2, -0.15) is 0 Å². The van der Waals surface area contributed by atoms with E-state index in [1.807, 2.05) is 0 Å². The molecule has 19 heavy (non-hydrogen) atoms. The SMILES string of the molecule is C=C(CCl)C1CC2(C)C(C)CC=CC2C(=O)C1OC. The van der Waals surface area contributed by atoms with Crippen molar-refractivity contribution in [3.63, 3.8) is 0 Å². The van der Waals surface area contributed by atoms with E-state index < -0.39 is 0 Å². The van der Waals surface area contributed by atoms with Crippen molar-refractivity contribution in [2.75, 3.05) is 13.0 Å². The van der Waals surface area contributed by atoms with E-state index in [1.54, 1.807) is 7.11 Å². The molecule has 0 bridgehead atoms. The van der Waals surface area contributed by atoms with E-state index >= 15 is 0 Å². The normalized spacial score (nSPS) is 42.0. The average Bonchev–Trinajstić information content (AvgIpc) is 2.40. The number of carbonyl (C=O) groups excluding carboxylic acids is 1. The number of methoxy groups -OCH3 is 1. The van der Waals surface area contributed by atoms with Crippen molar-refractivity contribution in [1.82, 2.24) is 0 Å². The smallest absolute Gasteiger partial charge is 0.169 e. The Balaban J connectivity index is 2.39. The summed E-state index contributed by atoms with van der Waals surface area (Å²) in [7, 11) is 1.61. The van der Waals surface area contributed by atoms with Crippen molar-refractivity contribution >= 4 is 17.4 Å². The van der Waals surface area contributed by atoms with Crippen LogP contribution in [0.3, 0.4) is 0 Å². The second-order valence-electron chi connectivity index (χ2n) is 6.21. The fourth-order valence-corrected chi connectivity index (χ4v) is 3.85. The van der Waals surface area contributed by atoms with Gasteiger partial charge in [0.1, 0.15) is 6.10 Å². The second-order valence-corrected chi connectivity index (χ2v) is 6.48. The second kappa shape index (κ2) is 5.41. The fraction of sp³-hybridized carbons (Fsp3) is 0.688. The number of hydrogen-bond acceptors (Lipinski definition) is 2. The first-order valence-corrected chi connectivity index (χ1v) is 7.46. The molecule has 0 saturated heterocycles. The first-order chi connectivity index (χ1) is 8.95. The molecule has 2 aliphatic rings. The number of hydrogen-bond donors (Lipinski definition) is 0. The van der Waals surface area contributed by atoms with Crippen molar-refractivity contribution in [2.24, 2.45) is 23.2 Å². The Morgan fingerprint density at radius 1 is 1.63 bits per heavy atom. The van der Waals surface area contributed by atoms with Gasteiger partial charge in [0.2, 0.25) is 0 Å². The topological polar surface area (TPSA) is 26.3 Å². The number of alkyl halides is 1. The molecule has 0 aromatic carbocycles. The summed E-state index contributed by atoms with van der Waals surface area (Å²) in [6.07, 6.45) is 5.79. The van der Waals surface area contributed by atoms with Gasteiger partial charge in [0.15, 0.2) is 5.78 Å². The summed E-state index contributed by atoms with van der Waals surface area (Å²) >= 11 is 5.93. The monoisotopic (exact) mass is 282 g/mol. The lowest BCUT2D eigenvalue weighted by atomic mass is 9.54. The highest BCUT2D eigenvalue weighted by Crippen LogP contribution is 2.52. The molecule has 0 heterocycles. The van der Waals surface area contributed by atoms with Gasteiger partial charge in [-0.25, -0.2) is 0 Å². The molecule has 0 aromatic rings. The average molecular weight is 283 g/mol. The molecule has 5 unspecified atom stereocenters. The van der Waals surface area contributed by atoms with Crippen molar-refractivity contribution in [3.8, 4) is 0 Å². The molecule has 0 amide bonds. The van der Waals surface area contributed by atoms with Gasteiger partial charge in [-0.3, -0.25) is 4.79 Å². The molecule has 2 nitrogen and oxygen atoms in total. The van der Waals surface area contributed by atoms with Crippen molar-refractivity contribution in [3.05, 3.63) is 24.3 Å². The van der Waals surface area contributed by atoms with Crippen LogP contribution in [0.4, 0.5) is 0 Å². The number of allylic oxidation sites excluding steroid dienone is 2. The third kappa shape index (κ3) is 2.30. The fourth-order valence-electron chi connectivity index (χ4n) is 3.66. The third-order valence-corrected chi connectivity index (χ3v) is 5.56. The van der Waals surface area contributed by atoms with Gasteiger partial charge < -0.3 is 4.74 Å². The highest BCUT2D eigenvalue weighted by Gasteiger charge is 2.53. The maximum atomic E-state index is 12.7. The highest BCUT2D eigenvalue weighted by molar-refractivity contribution is 6.19. The van der Waals surface area contributed by atoms with Gasteiger partial charge in [0.05, 0.1) is 0 Å². The Labute approximate surface area is 120 Å². The minimum absolute atomic E-state index is 0.000525. The largest absolute Gasteiger partial charge is 0.373 e. The van der Waals surface area contributed by atoms with Gasteiger partial charge in [-0.1, -0.05) is 38.2 Å².